The maximum Gasteiger partial charge on any atom is 0.530 e. The summed E-state index contributed by atoms with van der Waals surface area (Å²) in [7, 11) is -4.38. The molecular weight excluding hydrogens is 796 g/mol. The van der Waals surface area contributed by atoms with Crippen molar-refractivity contribution in [1.29, 1.82) is 0 Å². The number of anilines is 1. The molecule has 0 saturated heterocycles. The van der Waals surface area contributed by atoms with Crippen LogP contribution < -0.4 is 19.9 Å². The van der Waals surface area contributed by atoms with Gasteiger partial charge in [0.1, 0.15) is 25.4 Å². The van der Waals surface area contributed by atoms with Gasteiger partial charge in [-0.3, -0.25) is 18.6 Å². The highest BCUT2D eigenvalue weighted by atomic mass is 31.2. The van der Waals surface area contributed by atoms with Gasteiger partial charge in [-0.2, -0.15) is 0 Å². The first kappa shape index (κ1) is 43.8. The van der Waals surface area contributed by atoms with Gasteiger partial charge in [0.2, 0.25) is 0 Å². The highest BCUT2D eigenvalue weighted by Gasteiger charge is 2.40. The molecule has 0 unspecified atom stereocenters. The number of amides is 2. The predicted octanol–water partition coefficient (Wildman–Crippen LogP) is 10.4. The lowest BCUT2D eigenvalue weighted by molar-refractivity contribution is -0.144. The van der Waals surface area contributed by atoms with Crippen molar-refractivity contribution < 1.29 is 46.7 Å². The lowest BCUT2D eigenvalue weighted by atomic mass is 9.90. The number of esters is 1. The lowest BCUT2D eigenvalue weighted by Crippen LogP contribution is -2.52. The molecule has 13 heteroatoms. The zero-order valence-electron chi connectivity index (χ0n) is 33.9. The Labute approximate surface area is 355 Å². The van der Waals surface area contributed by atoms with Crippen LogP contribution in [0.25, 0.3) is 0 Å². The van der Waals surface area contributed by atoms with Gasteiger partial charge >= 0.3 is 19.9 Å². The molecule has 6 aromatic rings. The zero-order valence-corrected chi connectivity index (χ0v) is 34.8. The van der Waals surface area contributed by atoms with Crippen molar-refractivity contribution in [3.8, 4) is 11.5 Å². The summed E-state index contributed by atoms with van der Waals surface area (Å²) in [5, 5.41) is 5.67. The van der Waals surface area contributed by atoms with Crippen LogP contribution in [-0.4, -0.2) is 18.0 Å². The number of hydrogen-bond acceptors (Lipinski definition) is 10. The number of hydrogen-bond donors (Lipinski definition) is 2. The van der Waals surface area contributed by atoms with Crippen LogP contribution >= 0.6 is 7.82 Å². The topological polar surface area (TPSA) is 148 Å². The van der Waals surface area contributed by atoms with Crippen molar-refractivity contribution in [3.05, 3.63) is 197 Å². The lowest BCUT2D eigenvalue weighted by Gasteiger charge is -2.31. The van der Waals surface area contributed by atoms with Gasteiger partial charge in [-0.05, 0) is 52.9 Å². The Hall–Kier alpha value is -6.72. The van der Waals surface area contributed by atoms with Crippen LogP contribution in [0.3, 0.4) is 0 Å². The number of rotatable bonds is 20. The maximum atomic E-state index is 14.6. The van der Waals surface area contributed by atoms with Gasteiger partial charge in [0, 0.05) is 17.7 Å². The summed E-state index contributed by atoms with van der Waals surface area (Å²) in [5.74, 6) is -1.01. The van der Waals surface area contributed by atoms with Crippen molar-refractivity contribution in [2.45, 2.75) is 58.8 Å². The Morgan fingerprint density at radius 3 is 1.64 bits per heavy atom. The van der Waals surface area contributed by atoms with E-state index in [1.807, 2.05) is 121 Å². The molecular formula is C48H47N2O10P. The first-order valence-corrected chi connectivity index (χ1v) is 21.1. The minimum atomic E-state index is -4.38. The Kier molecular flexibility index (Phi) is 15.5. The predicted molar refractivity (Wildman–Crippen MR) is 230 cm³/mol. The molecule has 2 N–H and O–H groups in total. The van der Waals surface area contributed by atoms with Crippen molar-refractivity contribution in [2.75, 3.05) is 5.32 Å². The van der Waals surface area contributed by atoms with Gasteiger partial charge in [-0.15, -0.1) is 0 Å². The monoisotopic (exact) mass is 842 g/mol. The second-order valence-corrected chi connectivity index (χ2v) is 15.5. The highest BCUT2D eigenvalue weighted by Crippen LogP contribution is 2.53. The Morgan fingerprint density at radius 2 is 1.08 bits per heavy atom. The number of phosphoric acid groups is 1. The number of carbonyl (C=O) groups excluding carboxylic acids is 3. The van der Waals surface area contributed by atoms with E-state index in [0.29, 0.717) is 11.3 Å². The van der Waals surface area contributed by atoms with E-state index in [-0.39, 0.29) is 56.5 Å². The molecule has 61 heavy (non-hydrogen) atoms. The normalized spacial score (nSPS) is 12.0. The van der Waals surface area contributed by atoms with Crippen LogP contribution in [0.15, 0.2) is 164 Å². The van der Waals surface area contributed by atoms with Gasteiger partial charge in [0.15, 0.2) is 11.5 Å². The van der Waals surface area contributed by atoms with E-state index >= 15 is 0 Å². The molecule has 0 aliphatic heterocycles. The number of benzene rings is 6. The molecule has 0 saturated carbocycles. The number of phosphoric ester groups is 1. The molecule has 0 spiro atoms. The summed E-state index contributed by atoms with van der Waals surface area (Å²) in [4.78, 5) is 40.2. The number of alkyl carbamates (subject to hydrolysis) is 1. The van der Waals surface area contributed by atoms with Gasteiger partial charge in [0.05, 0.1) is 13.2 Å². The van der Waals surface area contributed by atoms with Crippen LogP contribution in [-0.2, 0) is 71.2 Å². The summed E-state index contributed by atoms with van der Waals surface area (Å²) in [5.41, 5.74) is 2.33. The summed E-state index contributed by atoms with van der Waals surface area (Å²) in [6.45, 7) is 2.94. The average molecular weight is 843 g/mol. The zero-order chi connectivity index (χ0) is 42.9. The highest BCUT2D eigenvalue weighted by molar-refractivity contribution is 7.48. The van der Waals surface area contributed by atoms with E-state index in [9.17, 15) is 18.9 Å². The van der Waals surface area contributed by atoms with Gasteiger partial charge in [-0.1, -0.05) is 153 Å². The van der Waals surface area contributed by atoms with Gasteiger partial charge in [0.25, 0.3) is 5.91 Å². The van der Waals surface area contributed by atoms with Crippen LogP contribution in [0.1, 0.15) is 53.6 Å². The fraction of sp³-hybridized carbons (Fsp3) is 0.188. The molecule has 2 amide bonds. The second-order valence-electron chi connectivity index (χ2n) is 13.9. The first-order chi connectivity index (χ1) is 29.6. The van der Waals surface area contributed by atoms with Crippen molar-refractivity contribution in [2.24, 2.45) is 0 Å². The van der Waals surface area contributed by atoms with Gasteiger partial charge in [-0.25, -0.2) is 9.36 Å². The summed E-state index contributed by atoms with van der Waals surface area (Å²) in [6.07, 6.45) is -0.698. The van der Waals surface area contributed by atoms with Crippen LogP contribution in [0, 0.1) is 0 Å². The van der Waals surface area contributed by atoms with Crippen molar-refractivity contribution >= 4 is 31.5 Å². The SMILES string of the molecule is CCC(=O)OCc1ccccc1NC(=O)[C@@](C)(NC(=O)OCc1ccccc1)c1ccc(OP(=O)(OCc2ccccc2)OCc2ccccc2)c(OCc2ccccc2)c1. The van der Waals surface area contributed by atoms with Crippen LogP contribution in [0.2, 0.25) is 0 Å². The van der Waals surface area contributed by atoms with Crippen LogP contribution in [0.5, 0.6) is 11.5 Å². The molecule has 0 aromatic heterocycles. The van der Waals surface area contributed by atoms with Gasteiger partial charge < -0.3 is 29.4 Å². The Morgan fingerprint density at radius 1 is 0.574 bits per heavy atom. The fourth-order valence-electron chi connectivity index (χ4n) is 5.91. The second kappa shape index (κ2) is 21.5. The standard InChI is InChI=1S/C48H47N2O10P/c1-3-45(51)56-35-40-26-16-17-27-42(40)49-46(52)48(2,50-47(53)57-32-37-20-10-5-11-21-37)41-28-29-43(44(30-41)55-31-36-18-8-4-9-19-36)60-61(54,58-33-38-22-12-6-13-23-38)59-34-39-24-14-7-15-25-39/h4-30H,3,31-35H2,1-2H3,(H,49,52)(H,50,53)/t48-/m0/s1. The third-order valence-corrected chi connectivity index (χ3v) is 10.7. The minimum absolute atomic E-state index is 0.0124. The molecule has 6 aromatic carbocycles. The molecule has 0 heterocycles. The van der Waals surface area contributed by atoms with E-state index in [1.54, 1.807) is 31.2 Å². The van der Waals surface area contributed by atoms with E-state index < -0.39 is 31.3 Å². The van der Waals surface area contributed by atoms with Crippen molar-refractivity contribution in [1.82, 2.24) is 5.32 Å². The van der Waals surface area contributed by atoms with E-state index in [4.69, 9.17) is 27.8 Å². The average Bonchev–Trinajstić information content (AvgIpc) is 3.30. The van der Waals surface area contributed by atoms with Crippen molar-refractivity contribution in [3.63, 3.8) is 0 Å². The quantitative estimate of drug-likeness (QED) is 0.0562. The first-order valence-electron chi connectivity index (χ1n) is 19.6. The molecule has 0 bridgehead atoms. The van der Waals surface area contributed by atoms with Crippen LogP contribution in [0.4, 0.5) is 10.5 Å². The molecule has 0 radical (unpaired) electrons. The Balaban J connectivity index is 1.36. The van der Waals surface area contributed by atoms with E-state index in [2.05, 4.69) is 10.6 Å². The van der Waals surface area contributed by atoms with E-state index in [1.165, 1.54) is 25.1 Å². The Bertz CT molecular complexity index is 2350. The molecule has 0 aliphatic carbocycles. The van der Waals surface area contributed by atoms with E-state index in [0.717, 1.165) is 22.3 Å². The smallest absolute Gasteiger partial charge is 0.485 e. The minimum Gasteiger partial charge on any atom is -0.485 e. The molecule has 314 valence electrons. The molecule has 0 fully saturated rings. The molecule has 6 rings (SSSR count). The largest absolute Gasteiger partial charge is 0.530 e. The molecule has 1 atom stereocenters. The maximum absolute atomic E-state index is 14.6. The third-order valence-electron chi connectivity index (χ3n) is 9.39. The fourth-order valence-corrected chi connectivity index (χ4v) is 7.09. The summed E-state index contributed by atoms with van der Waals surface area (Å²) >= 11 is 0. The third kappa shape index (κ3) is 12.9. The molecule has 12 nitrogen and oxygen atoms in total. The number of para-hydroxylation sites is 1. The number of carbonyl (C=O) groups is 3. The number of ether oxygens (including phenoxy) is 3. The summed E-state index contributed by atoms with van der Waals surface area (Å²) in [6, 6.07) is 48.2. The number of nitrogens with one attached hydrogen (secondary N) is 2. The summed E-state index contributed by atoms with van der Waals surface area (Å²) < 4.78 is 49.8. The molecule has 0 aliphatic rings.